The zero-order valence-electron chi connectivity index (χ0n) is 14.8. The number of benzene rings is 2. The van der Waals surface area contributed by atoms with Gasteiger partial charge < -0.3 is 10.6 Å². The first-order valence-electron chi connectivity index (χ1n) is 8.53. The van der Waals surface area contributed by atoms with Crippen molar-refractivity contribution in [3.8, 4) is 0 Å². The van der Waals surface area contributed by atoms with E-state index in [-0.39, 0.29) is 23.8 Å². The average Bonchev–Trinajstić information content (AvgIpc) is 2.65. The van der Waals surface area contributed by atoms with Gasteiger partial charge in [-0.1, -0.05) is 17.3 Å². The average molecular weight is 365 g/mol. The highest BCUT2D eigenvalue weighted by molar-refractivity contribution is 5.92. The van der Waals surface area contributed by atoms with Crippen LogP contribution in [-0.2, 0) is 16.1 Å². The Morgan fingerprint density at radius 3 is 2.37 bits per heavy atom. The maximum absolute atomic E-state index is 12.3. The van der Waals surface area contributed by atoms with E-state index in [1.807, 2.05) is 0 Å². The van der Waals surface area contributed by atoms with Gasteiger partial charge >= 0.3 is 0 Å². The lowest BCUT2D eigenvalue weighted by molar-refractivity contribution is -0.116. The number of aromatic nitrogens is 3. The highest BCUT2D eigenvalue weighted by Gasteiger charge is 2.07. The summed E-state index contributed by atoms with van der Waals surface area (Å²) in [7, 11) is 0. The van der Waals surface area contributed by atoms with Gasteiger partial charge in [-0.3, -0.25) is 14.4 Å². The van der Waals surface area contributed by atoms with Gasteiger partial charge in [0.25, 0.3) is 5.56 Å². The Bertz CT molecular complexity index is 1030. The molecule has 3 rings (SSSR count). The number of hydrogen-bond acceptors (Lipinski definition) is 5. The molecule has 27 heavy (non-hydrogen) atoms. The number of rotatable bonds is 6. The van der Waals surface area contributed by atoms with Gasteiger partial charge in [-0.25, -0.2) is 4.68 Å². The number of hydrogen-bond donors (Lipinski definition) is 2. The summed E-state index contributed by atoms with van der Waals surface area (Å²) in [6.07, 6.45) is 0.705. The number of carbonyl (C=O) groups excluding carboxylic acids is 2. The smallest absolute Gasteiger partial charge is 0.277 e. The van der Waals surface area contributed by atoms with Crippen molar-refractivity contribution in [2.24, 2.45) is 0 Å². The number of carbonyl (C=O) groups is 2. The lowest BCUT2D eigenvalue weighted by Gasteiger charge is -2.07. The minimum absolute atomic E-state index is 0.154. The first-order valence-corrected chi connectivity index (χ1v) is 8.53. The van der Waals surface area contributed by atoms with Crippen LogP contribution >= 0.6 is 0 Å². The second kappa shape index (κ2) is 8.22. The van der Waals surface area contributed by atoms with Gasteiger partial charge in [0.1, 0.15) is 5.52 Å². The maximum atomic E-state index is 12.3. The fourth-order valence-corrected chi connectivity index (χ4v) is 2.62. The number of aryl methyl sites for hydroxylation is 1. The van der Waals surface area contributed by atoms with E-state index in [9.17, 15) is 14.4 Å². The summed E-state index contributed by atoms with van der Waals surface area (Å²) < 4.78 is 1.28. The number of fused-ring (bicyclic) bond motifs is 1. The lowest BCUT2D eigenvalue weighted by Crippen LogP contribution is -2.25. The third-order valence-corrected chi connectivity index (χ3v) is 3.89. The van der Waals surface area contributed by atoms with Crippen molar-refractivity contribution in [2.45, 2.75) is 26.3 Å². The molecule has 1 aromatic heterocycles. The molecule has 0 bridgehead atoms. The van der Waals surface area contributed by atoms with Crippen molar-refractivity contribution >= 4 is 34.1 Å². The fourth-order valence-electron chi connectivity index (χ4n) is 2.62. The topological polar surface area (TPSA) is 106 Å². The zero-order chi connectivity index (χ0) is 19.2. The molecule has 0 aliphatic rings. The third kappa shape index (κ3) is 4.75. The standard InChI is InChI=1S/C19H19N5O3/c1-13(25)20-14-8-10-15(11-9-14)21-18(26)7-4-12-24-19(27)16-5-2-3-6-17(16)22-23-24/h2-3,5-6,8-11H,4,7,12H2,1H3,(H,20,25)(H,21,26). The summed E-state index contributed by atoms with van der Waals surface area (Å²) in [4.78, 5) is 35.4. The SMILES string of the molecule is CC(=O)Nc1ccc(NC(=O)CCCn2nnc3ccccc3c2=O)cc1. The van der Waals surface area contributed by atoms with E-state index >= 15 is 0 Å². The molecule has 0 aliphatic carbocycles. The van der Waals surface area contributed by atoms with Crippen molar-refractivity contribution in [3.63, 3.8) is 0 Å². The Balaban J connectivity index is 1.53. The van der Waals surface area contributed by atoms with E-state index in [0.29, 0.717) is 35.2 Å². The van der Waals surface area contributed by atoms with Gasteiger partial charge in [0.15, 0.2) is 0 Å². The fraction of sp³-hybridized carbons (Fsp3) is 0.211. The van der Waals surface area contributed by atoms with Crippen molar-refractivity contribution in [2.75, 3.05) is 10.6 Å². The molecule has 0 atom stereocenters. The van der Waals surface area contributed by atoms with Crippen molar-refractivity contribution in [3.05, 3.63) is 58.9 Å². The lowest BCUT2D eigenvalue weighted by atomic mass is 10.2. The summed E-state index contributed by atoms with van der Waals surface area (Å²) in [6.45, 7) is 1.74. The molecule has 2 N–H and O–H groups in total. The zero-order valence-corrected chi connectivity index (χ0v) is 14.8. The van der Waals surface area contributed by atoms with E-state index in [0.717, 1.165) is 0 Å². The monoisotopic (exact) mass is 365 g/mol. The Labute approximate surface area is 155 Å². The quantitative estimate of drug-likeness (QED) is 0.696. The Hall–Kier alpha value is -3.55. The predicted molar refractivity (Wildman–Crippen MR) is 102 cm³/mol. The van der Waals surface area contributed by atoms with Crippen molar-refractivity contribution < 1.29 is 9.59 Å². The number of nitrogens with zero attached hydrogens (tertiary/aromatic N) is 3. The van der Waals surface area contributed by atoms with Gasteiger partial charge in [-0.2, -0.15) is 0 Å². The number of amides is 2. The molecule has 3 aromatic rings. The van der Waals surface area contributed by atoms with Gasteiger partial charge in [0.05, 0.1) is 5.39 Å². The van der Waals surface area contributed by atoms with E-state index < -0.39 is 0 Å². The van der Waals surface area contributed by atoms with Crippen LogP contribution < -0.4 is 16.2 Å². The van der Waals surface area contributed by atoms with Crippen LogP contribution in [-0.4, -0.2) is 26.8 Å². The van der Waals surface area contributed by atoms with E-state index in [2.05, 4.69) is 20.9 Å². The van der Waals surface area contributed by atoms with Gasteiger partial charge in [-0.15, -0.1) is 5.10 Å². The van der Waals surface area contributed by atoms with Crippen molar-refractivity contribution in [1.82, 2.24) is 15.0 Å². The summed E-state index contributed by atoms with van der Waals surface area (Å²) in [5, 5.41) is 13.9. The van der Waals surface area contributed by atoms with Crippen LogP contribution in [0.5, 0.6) is 0 Å². The van der Waals surface area contributed by atoms with Crippen LogP contribution in [0, 0.1) is 0 Å². The first-order chi connectivity index (χ1) is 13.0. The molecule has 0 saturated heterocycles. The van der Waals surface area contributed by atoms with Gasteiger partial charge in [0.2, 0.25) is 11.8 Å². The Morgan fingerprint density at radius 1 is 1.00 bits per heavy atom. The van der Waals surface area contributed by atoms with Gasteiger partial charge in [0, 0.05) is 31.3 Å². The highest BCUT2D eigenvalue weighted by Crippen LogP contribution is 2.14. The predicted octanol–water partition coefficient (Wildman–Crippen LogP) is 2.17. The third-order valence-electron chi connectivity index (χ3n) is 3.89. The summed E-state index contributed by atoms with van der Waals surface area (Å²) in [5.74, 6) is -0.317. The first kappa shape index (κ1) is 18.2. The van der Waals surface area contributed by atoms with Crippen LogP contribution in [0.15, 0.2) is 53.3 Å². The summed E-state index contributed by atoms with van der Waals surface area (Å²) >= 11 is 0. The molecule has 0 spiro atoms. The molecule has 0 unspecified atom stereocenters. The molecule has 0 aliphatic heterocycles. The molecular weight excluding hydrogens is 346 g/mol. The summed E-state index contributed by atoms with van der Waals surface area (Å²) in [6, 6.07) is 13.9. The molecule has 1 heterocycles. The molecule has 2 aromatic carbocycles. The van der Waals surface area contributed by atoms with Crippen LogP contribution in [0.2, 0.25) is 0 Å². The van der Waals surface area contributed by atoms with E-state index in [1.54, 1.807) is 48.5 Å². The second-order valence-electron chi connectivity index (χ2n) is 6.05. The van der Waals surface area contributed by atoms with E-state index in [1.165, 1.54) is 11.6 Å². The summed E-state index contributed by atoms with van der Waals surface area (Å²) in [5.41, 5.74) is 1.64. The van der Waals surface area contributed by atoms with E-state index in [4.69, 9.17) is 0 Å². The number of anilines is 2. The minimum Gasteiger partial charge on any atom is -0.326 e. The molecule has 2 amide bonds. The van der Waals surface area contributed by atoms with Crippen molar-refractivity contribution in [1.29, 1.82) is 0 Å². The second-order valence-corrected chi connectivity index (χ2v) is 6.05. The van der Waals surface area contributed by atoms with Crippen LogP contribution in [0.25, 0.3) is 10.9 Å². The maximum Gasteiger partial charge on any atom is 0.277 e. The molecule has 8 nitrogen and oxygen atoms in total. The molecule has 0 radical (unpaired) electrons. The number of nitrogens with one attached hydrogen (secondary N) is 2. The molecule has 0 saturated carbocycles. The minimum atomic E-state index is -0.213. The van der Waals surface area contributed by atoms with Crippen LogP contribution in [0.3, 0.4) is 0 Å². The Kier molecular flexibility index (Phi) is 5.55. The van der Waals surface area contributed by atoms with Gasteiger partial charge in [-0.05, 0) is 42.8 Å². The molecule has 0 fully saturated rings. The molecule has 138 valence electrons. The highest BCUT2D eigenvalue weighted by atomic mass is 16.2. The Morgan fingerprint density at radius 2 is 1.67 bits per heavy atom. The molecule has 8 heteroatoms. The normalized spacial score (nSPS) is 10.6. The molecular formula is C19H19N5O3. The largest absolute Gasteiger partial charge is 0.326 e. The van der Waals surface area contributed by atoms with Crippen LogP contribution in [0.4, 0.5) is 11.4 Å². The van der Waals surface area contributed by atoms with Crippen LogP contribution in [0.1, 0.15) is 19.8 Å².